The minimum absolute atomic E-state index is 0.0367. The molecule has 24 heavy (non-hydrogen) atoms. The van der Waals surface area contributed by atoms with E-state index in [1.54, 1.807) is 0 Å². The number of aromatic amines is 1. The smallest absolute Gasteiger partial charge is 0.329 e. The summed E-state index contributed by atoms with van der Waals surface area (Å²) in [6.45, 7) is 0.299. The maximum atomic E-state index is 12.0. The van der Waals surface area contributed by atoms with Gasteiger partial charge in [0.25, 0.3) is 5.56 Å². The maximum absolute atomic E-state index is 12.0. The van der Waals surface area contributed by atoms with Crippen molar-refractivity contribution in [1.29, 1.82) is 0 Å². The highest BCUT2D eigenvalue weighted by molar-refractivity contribution is 5.76. The van der Waals surface area contributed by atoms with Crippen LogP contribution in [0.3, 0.4) is 0 Å². The molecule has 0 unspecified atom stereocenters. The van der Waals surface area contributed by atoms with Crippen molar-refractivity contribution in [2.24, 2.45) is 0 Å². The molecule has 0 spiro atoms. The van der Waals surface area contributed by atoms with Crippen molar-refractivity contribution in [1.82, 2.24) is 14.9 Å². The van der Waals surface area contributed by atoms with Gasteiger partial charge in [0.15, 0.2) is 0 Å². The minimum atomic E-state index is -1.09. The number of carbonyl (C=O) groups is 2. The highest BCUT2D eigenvalue weighted by Gasteiger charge is 2.28. The Morgan fingerprint density at radius 1 is 1.46 bits per heavy atom. The molecule has 2 atom stereocenters. The molecule has 132 valence electrons. The Morgan fingerprint density at radius 2 is 2.25 bits per heavy atom. The van der Waals surface area contributed by atoms with Crippen LogP contribution >= 0.6 is 0 Å². The van der Waals surface area contributed by atoms with E-state index < -0.39 is 29.9 Å². The summed E-state index contributed by atoms with van der Waals surface area (Å²) in [5.74, 6) is -1.40. The first-order chi connectivity index (χ1) is 11.5. The van der Waals surface area contributed by atoms with Crippen LogP contribution in [-0.4, -0.2) is 58.5 Å². The number of carboxylic acids is 1. The van der Waals surface area contributed by atoms with Gasteiger partial charge >= 0.3 is 11.7 Å². The first kappa shape index (κ1) is 17.9. The van der Waals surface area contributed by atoms with Crippen LogP contribution in [0.5, 0.6) is 0 Å². The first-order valence-corrected chi connectivity index (χ1v) is 7.46. The molecule has 0 radical (unpaired) electrons. The Morgan fingerprint density at radius 3 is 2.96 bits per heavy atom. The van der Waals surface area contributed by atoms with Gasteiger partial charge in [-0.15, -0.1) is 0 Å². The van der Waals surface area contributed by atoms with Crippen LogP contribution in [0.2, 0.25) is 0 Å². The molecule has 2 heterocycles. The number of nitrogens with zero attached hydrogens (tertiary/aromatic N) is 1. The fourth-order valence-corrected chi connectivity index (χ4v) is 2.34. The lowest BCUT2D eigenvalue weighted by molar-refractivity contribution is -0.149. The standard InChI is InChI=1S/C14H19N3O7/c18-11(1-4-17-5-2-12(19)16-14(17)22)15-9-3-6-23-7-10(9)24-8-13(20)21/h2,5,9-10H,1,3-4,6-8H2,(H,15,18)(H,20,21)(H,16,19,22)/t9-,10-/m1/s1. The number of carbonyl (C=O) groups excluding carboxylic acids is 1. The van der Waals surface area contributed by atoms with E-state index in [-0.39, 0.29) is 31.5 Å². The summed E-state index contributed by atoms with van der Waals surface area (Å²) in [6.07, 6.45) is 1.33. The highest BCUT2D eigenvalue weighted by atomic mass is 16.5. The molecule has 0 aliphatic carbocycles. The molecule has 1 aliphatic rings. The van der Waals surface area contributed by atoms with Crippen molar-refractivity contribution in [2.45, 2.75) is 31.5 Å². The summed E-state index contributed by atoms with van der Waals surface area (Å²) < 4.78 is 11.7. The molecule has 10 nitrogen and oxygen atoms in total. The highest BCUT2D eigenvalue weighted by Crippen LogP contribution is 2.11. The number of amides is 1. The van der Waals surface area contributed by atoms with Crippen LogP contribution < -0.4 is 16.6 Å². The largest absolute Gasteiger partial charge is 0.480 e. The van der Waals surface area contributed by atoms with Crippen molar-refractivity contribution in [2.75, 3.05) is 19.8 Å². The van der Waals surface area contributed by atoms with E-state index in [9.17, 15) is 19.2 Å². The van der Waals surface area contributed by atoms with Gasteiger partial charge in [-0.2, -0.15) is 0 Å². The van der Waals surface area contributed by atoms with Gasteiger partial charge in [-0.1, -0.05) is 0 Å². The van der Waals surface area contributed by atoms with Gasteiger partial charge in [0, 0.05) is 31.8 Å². The van der Waals surface area contributed by atoms with Crippen LogP contribution in [0.1, 0.15) is 12.8 Å². The van der Waals surface area contributed by atoms with Crippen LogP contribution in [0.15, 0.2) is 21.9 Å². The lowest BCUT2D eigenvalue weighted by Crippen LogP contribution is -2.50. The third-order valence-electron chi connectivity index (χ3n) is 3.55. The normalized spacial score (nSPS) is 20.5. The molecular weight excluding hydrogens is 322 g/mol. The summed E-state index contributed by atoms with van der Waals surface area (Å²) in [6, 6.07) is 0.853. The summed E-state index contributed by atoms with van der Waals surface area (Å²) in [5, 5.41) is 11.4. The molecule has 1 aromatic rings. The number of aryl methyl sites for hydroxylation is 1. The lowest BCUT2D eigenvalue weighted by Gasteiger charge is -2.31. The Labute approximate surface area is 136 Å². The molecule has 0 saturated carbocycles. The zero-order valence-electron chi connectivity index (χ0n) is 12.9. The van der Waals surface area contributed by atoms with Gasteiger partial charge in [0.1, 0.15) is 12.7 Å². The molecule has 10 heteroatoms. The molecular formula is C14H19N3O7. The van der Waals surface area contributed by atoms with Gasteiger partial charge in [-0.25, -0.2) is 9.59 Å². The van der Waals surface area contributed by atoms with Crippen LogP contribution in [-0.2, 0) is 25.6 Å². The first-order valence-electron chi connectivity index (χ1n) is 7.46. The number of rotatable bonds is 7. The zero-order chi connectivity index (χ0) is 17.5. The fourth-order valence-electron chi connectivity index (χ4n) is 2.34. The second kappa shape index (κ2) is 8.41. The Hall–Kier alpha value is -2.46. The number of nitrogens with one attached hydrogen (secondary N) is 2. The molecule has 1 amide bonds. The third-order valence-corrected chi connectivity index (χ3v) is 3.55. The fraction of sp³-hybridized carbons (Fsp3) is 0.571. The van der Waals surface area contributed by atoms with Gasteiger partial charge in [-0.05, 0) is 6.42 Å². The SMILES string of the molecule is O=C(O)CO[C@@H]1COCC[C@H]1NC(=O)CCn1ccc(=O)[nH]c1=O. The van der Waals surface area contributed by atoms with Crippen molar-refractivity contribution >= 4 is 11.9 Å². The van der Waals surface area contributed by atoms with E-state index in [4.69, 9.17) is 14.6 Å². The lowest BCUT2D eigenvalue weighted by atomic mass is 10.1. The van der Waals surface area contributed by atoms with Gasteiger partial charge in [0.05, 0.1) is 12.6 Å². The van der Waals surface area contributed by atoms with E-state index in [1.165, 1.54) is 16.8 Å². The number of aromatic nitrogens is 2. The van der Waals surface area contributed by atoms with Crippen LogP contribution in [0.25, 0.3) is 0 Å². The quantitative estimate of drug-likeness (QED) is 0.537. The summed E-state index contributed by atoms with van der Waals surface area (Å²) in [5.41, 5.74) is -1.08. The van der Waals surface area contributed by atoms with Crippen molar-refractivity contribution in [3.8, 4) is 0 Å². The van der Waals surface area contributed by atoms with E-state index in [1.807, 2.05) is 0 Å². The summed E-state index contributed by atoms with van der Waals surface area (Å²) in [7, 11) is 0. The van der Waals surface area contributed by atoms with Gasteiger partial charge in [-0.3, -0.25) is 14.6 Å². The average molecular weight is 341 g/mol. The minimum Gasteiger partial charge on any atom is -0.480 e. The average Bonchev–Trinajstić information content (AvgIpc) is 2.53. The van der Waals surface area contributed by atoms with Crippen LogP contribution in [0, 0.1) is 0 Å². The Balaban J connectivity index is 1.86. The van der Waals surface area contributed by atoms with Gasteiger partial charge < -0.3 is 24.5 Å². The molecule has 0 bridgehead atoms. The Kier molecular flexibility index (Phi) is 6.27. The van der Waals surface area contributed by atoms with Crippen LogP contribution in [0.4, 0.5) is 0 Å². The molecule has 1 aliphatic heterocycles. The predicted molar refractivity (Wildman–Crippen MR) is 80.7 cm³/mol. The second-order valence-corrected chi connectivity index (χ2v) is 5.33. The Bertz CT molecular complexity index is 696. The number of hydrogen-bond donors (Lipinski definition) is 3. The number of aliphatic carboxylic acids is 1. The van der Waals surface area contributed by atoms with Crippen molar-refractivity contribution in [3.05, 3.63) is 33.1 Å². The van der Waals surface area contributed by atoms with Crippen molar-refractivity contribution < 1.29 is 24.2 Å². The van der Waals surface area contributed by atoms with E-state index in [0.717, 1.165) is 0 Å². The third kappa shape index (κ3) is 5.32. The molecule has 0 aromatic carbocycles. The molecule has 1 fully saturated rings. The van der Waals surface area contributed by atoms with E-state index >= 15 is 0 Å². The van der Waals surface area contributed by atoms with E-state index in [2.05, 4.69) is 10.3 Å². The van der Waals surface area contributed by atoms with Crippen molar-refractivity contribution in [3.63, 3.8) is 0 Å². The molecule has 1 aromatic heterocycles. The summed E-state index contributed by atoms with van der Waals surface area (Å²) >= 11 is 0. The maximum Gasteiger partial charge on any atom is 0.329 e. The number of H-pyrrole nitrogens is 1. The molecule has 1 saturated heterocycles. The zero-order valence-corrected chi connectivity index (χ0v) is 12.9. The molecule has 3 N–H and O–H groups in total. The number of hydrogen-bond acceptors (Lipinski definition) is 6. The molecule has 2 rings (SSSR count). The predicted octanol–water partition coefficient (Wildman–Crippen LogP) is -1.70. The second-order valence-electron chi connectivity index (χ2n) is 5.33. The number of carboxylic acid groups (broad SMARTS) is 1. The van der Waals surface area contributed by atoms with Gasteiger partial charge in [0.2, 0.25) is 5.91 Å². The topological polar surface area (TPSA) is 140 Å². The monoisotopic (exact) mass is 341 g/mol. The summed E-state index contributed by atoms with van der Waals surface area (Å²) in [4.78, 5) is 47.2. The number of ether oxygens (including phenoxy) is 2. The van der Waals surface area contributed by atoms with E-state index in [0.29, 0.717) is 13.0 Å².